The fraction of sp³-hybridized carbons (Fsp3) is 0.444. The molecule has 0 amide bonds. The molecule has 4 rings (SSSR count). The van der Waals surface area contributed by atoms with Gasteiger partial charge in [0.05, 0.1) is 12.2 Å². The number of carbonyl (C=O) groups excluding carboxylic acids is 2. The van der Waals surface area contributed by atoms with E-state index in [2.05, 4.69) is 15.6 Å². The van der Waals surface area contributed by atoms with Gasteiger partial charge in [0.15, 0.2) is 23.9 Å². The zero-order valence-electron chi connectivity index (χ0n) is 16.1. The van der Waals surface area contributed by atoms with E-state index in [4.69, 9.17) is 16.2 Å². The lowest BCUT2D eigenvalue weighted by Crippen LogP contribution is -2.78. The summed E-state index contributed by atoms with van der Waals surface area (Å²) in [5.41, 5.74) is 10.7. The van der Waals surface area contributed by atoms with Gasteiger partial charge in [-0.15, -0.1) is 0 Å². The number of benzene rings is 1. The Morgan fingerprint density at radius 3 is 2.50 bits per heavy atom. The number of rotatable bonds is 4. The first kappa shape index (κ1) is 20.1. The maximum Gasteiger partial charge on any atom is 0.346 e. The molecule has 1 aromatic carbocycles. The topological polar surface area (TPSA) is 196 Å². The average Bonchev–Trinajstić information content (AvgIpc) is 3.16. The van der Waals surface area contributed by atoms with Crippen molar-refractivity contribution in [2.24, 2.45) is 16.5 Å². The first-order valence-corrected chi connectivity index (χ1v) is 9.27. The van der Waals surface area contributed by atoms with Gasteiger partial charge in [-0.2, -0.15) is 0 Å². The van der Waals surface area contributed by atoms with Gasteiger partial charge >= 0.3 is 11.9 Å². The van der Waals surface area contributed by atoms with Gasteiger partial charge in [0.25, 0.3) is 5.79 Å². The Labute approximate surface area is 170 Å². The number of nitrogens with zero attached hydrogens (tertiary/aromatic N) is 2. The second-order valence-electron chi connectivity index (χ2n) is 7.53. The van der Waals surface area contributed by atoms with Crippen LogP contribution >= 0.6 is 0 Å². The maximum atomic E-state index is 12.6. The molecule has 30 heavy (non-hydrogen) atoms. The molecule has 12 heteroatoms. The van der Waals surface area contributed by atoms with Crippen LogP contribution in [0.4, 0.5) is 0 Å². The van der Waals surface area contributed by atoms with E-state index in [1.54, 1.807) is 0 Å². The van der Waals surface area contributed by atoms with Crippen LogP contribution < -0.4 is 22.1 Å². The van der Waals surface area contributed by atoms with Gasteiger partial charge in [-0.1, -0.05) is 12.1 Å². The normalized spacial score (nSPS) is 31.2. The predicted molar refractivity (Wildman–Crippen MR) is 102 cm³/mol. The minimum absolute atomic E-state index is 0.0412. The third kappa shape index (κ3) is 2.65. The Morgan fingerprint density at radius 1 is 1.27 bits per heavy atom. The van der Waals surface area contributed by atoms with Crippen molar-refractivity contribution in [3.05, 3.63) is 35.4 Å². The molecule has 0 bridgehead atoms. The van der Waals surface area contributed by atoms with Crippen molar-refractivity contribution in [2.75, 3.05) is 13.2 Å². The summed E-state index contributed by atoms with van der Waals surface area (Å²) in [6, 6.07) is 4.11. The van der Waals surface area contributed by atoms with Crippen LogP contribution in [0.15, 0.2) is 29.3 Å². The lowest BCUT2D eigenvalue weighted by atomic mass is 9.86. The number of esters is 1. The summed E-state index contributed by atoms with van der Waals surface area (Å²) in [4.78, 5) is 28.2. The molecule has 0 radical (unpaired) electrons. The van der Waals surface area contributed by atoms with Gasteiger partial charge in [-0.3, -0.25) is 15.8 Å². The number of hydrogen-bond acceptors (Lipinski definition) is 11. The van der Waals surface area contributed by atoms with Gasteiger partial charge in [0.2, 0.25) is 5.66 Å². The summed E-state index contributed by atoms with van der Waals surface area (Å²) in [6.45, 7) is 0.830. The number of hydrogen-bond donors (Lipinski definition) is 7. The minimum Gasteiger partial charge on any atom is -0.449 e. The van der Waals surface area contributed by atoms with E-state index in [-0.39, 0.29) is 29.8 Å². The van der Waals surface area contributed by atoms with Crippen molar-refractivity contribution < 1.29 is 34.2 Å². The summed E-state index contributed by atoms with van der Waals surface area (Å²) in [7, 11) is 0. The zero-order valence-corrected chi connectivity index (χ0v) is 16.1. The second-order valence-corrected chi connectivity index (χ2v) is 7.53. The quantitative estimate of drug-likeness (QED) is 0.111. The number of carbonyl (C=O) groups is 2. The molecule has 0 aliphatic carbocycles. The number of Topliss-reactive ketones (excluding diaryl/α,β-unsaturated/α-hetero) is 1. The third-order valence-corrected chi connectivity index (χ3v) is 5.79. The van der Waals surface area contributed by atoms with Gasteiger partial charge in [-0.05, 0) is 19.1 Å². The van der Waals surface area contributed by atoms with Crippen molar-refractivity contribution >= 4 is 23.7 Å². The third-order valence-electron chi connectivity index (χ3n) is 5.79. The molecule has 0 saturated carbocycles. The SMILES string of the molecule is CC(=O)c1ccc(C(=O)O[C@H]2C[N+]3=C(N)N[C@@H](CO)[C@@H]4N=C(N)N[C@@]43C2(O)O)cc1. The van der Waals surface area contributed by atoms with E-state index < -0.39 is 42.2 Å². The Bertz CT molecular complexity index is 974. The molecule has 0 aromatic heterocycles. The molecule has 4 atom stereocenters. The summed E-state index contributed by atoms with van der Waals surface area (Å²) in [5.74, 6) is -3.65. The largest absolute Gasteiger partial charge is 0.449 e. The fourth-order valence-corrected chi connectivity index (χ4v) is 4.28. The molecule has 3 heterocycles. The molecule has 0 unspecified atom stereocenters. The number of aliphatic hydroxyl groups is 3. The van der Waals surface area contributed by atoms with E-state index in [0.29, 0.717) is 5.56 Å². The number of guanidine groups is 2. The molecular formula is C18H23N6O6+. The maximum absolute atomic E-state index is 12.6. The molecule has 3 aliphatic heterocycles. The van der Waals surface area contributed by atoms with Gasteiger partial charge < -0.3 is 31.1 Å². The van der Waals surface area contributed by atoms with Crippen LogP contribution in [-0.2, 0) is 4.74 Å². The fourth-order valence-electron chi connectivity index (χ4n) is 4.28. The highest BCUT2D eigenvalue weighted by Gasteiger charge is 2.76. The lowest BCUT2D eigenvalue weighted by molar-refractivity contribution is -0.623. The lowest BCUT2D eigenvalue weighted by Gasteiger charge is -2.42. The Balaban J connectivity index is 1.65. The highest BCUT2D eigenvalue weighted by atomic mass is 16.6. The summed E-state index contributed by atoms with van der Waals surface area (Å²) in [6.07, 6.45) is -1.42. The predicted octanol–water partition coefficient (Wildman–Crippen LogP) is -3.62. The van der Waals surface area contributed by atoms with Gasteiger partial charge in [0, 0.05) is 5.56 Å². The highest BCUT2D eigenvalue weighted by Crippen LogP contribution is 2.42. The van der Waals surface area contributed by atoms with Crippen molar-refractivity contribution in [1.29, 1.82) is 0 Å². The summed E-state index contributed by atoms with van der Waals surface area (Å²) >= 11 is 0. The molecule has 1 spiro atoms. The van der Waals surface area contributed by atoms with Crippen LogP contribution in [0.25, 0.3) is 0 Å². The standard InChI is InChI=1S/C18H22N6O6/c1-8(26)9-2-4-10(5-3-9)14(27)30-12-6-24-16(20)21-11(7-25)13-17(24,18(12,28)29)23-15(19)22-13/h2-5,11-13,25,28-29H,6-7H2,1H3,(H5,19,20,21,22,23)/p+1/t11-,12-,13-,17-/m0/s1. The number of aliphatic hydroxyl groups excluding tert-OH is 1. The van der Waals surface area contributed by atoms with E-state index in [1.165, 1.54) is 35.8 Å². The number of ether oxygens (including phenoxy) is 1. The monoisotopic (exact) mass is 419 g/mol. The molecule has 12 nitrogen and oxygen atoms in total. The van der Waals surface area contributed by atoms with Crippen LogP contribution in [0.5, 0.6) is 0 Å². The van der Waals surface area contributed by atoms with Gasteiger partial charge in [-0.25, -0.2) is 14.4 Å². The summed E-state index contributed by atoms with van der Waals surface area (Å²) in [5, 5.41) is 37.5. The van der Waals surface area contributed by atoms with Crippen LogP contribution in [0.3, 0.4) is 0 Å². The molecule has 160 valence electrons. The average molecular weight is 419 g/mol. The minimum atomic E-state index is -2.66. The van der Waals surface area contributed by atoms with Crippen molar-refractivity contribution in [1.82, 2.24) is 10.6 Å². The van der Waals surface area contributed by atoms with E-state index in [1.807, 2.05) is 0 Å². The van der Waals surface area contributed by atoms with Crippen LogP contribution in [-0.4, -0.2) is 86.4 Å². The first-order valence-electron chi connectivity index (χ1n) is 9.27. The number of aliphatic imine (C=N–C) groups is 1. The first-order chi connectivity index (χ1) is 14.1. The number of nitrogens with one attached hydrogen (secondary N) is 2. The van der Waals surface area contributed by atoms with Crippen LogP contribution in [0.2, 0.25) is 0 Å². The van der Waals surface area contributed by atoms with E-state index in [0.717, 1.165) is 0 Å². The molecule has 3 aliphatic rings. The molecule has 1 aromatic rings. The van der Waals surface area contributed by atoms with Gasteiger partial charge in [0.1, 0.15) is 12.6 Å². The molecule has 9 N–H and O–H groups in total. The smallest absolute Gasteiger partial charge is 0.346 e. The molecule has 1 fully saturated rings. The highest BCUT2D eigenvalue weighted by molar-refractivity contribution is 5.96. The zero-order chi connectivity index (χ0) is 21.8. The molecule has 1 saturated heterocycles. The summed E-state index contributed by atoms with van der Waals surface area (Å²) < 4.78 is 6.78. The molecular weight excluding hydrogens is 396 g/mol. The second kappa shape index (κ2) is 6.65. The van der Waals surface area contributed by atoms with E-state index >= 15 is 0 Å². The van der Waals surface area contributed by atoms with Crippen molar-refractivity contribution in [2.45, 2.75) is 36.6 Å². The van der Waals surface area contributed by atoms with Crippen molar-refractivity contribution in [3.63, 3.8) is 0 Å². The number of ketones is 1. The van der Waals surface area contributed by atoms with E-state index in [9.17, 15) is 24.9 Å². The van der Waals surface area contributed by atoms with Crippen LogP contribution in [0.1, 0.15) is 27.6 Å². The Morgan fingerprint density at radius 2 is 1.90 bits per heavy atom. The Kier molecular flexibility index (Phi) is 4.45. The van der Waals surface area contributed by atoms with Crippen molar-refractivity contribution in [3.8, 4) is 0 Å². The van der Waals surface area contributed by atoms with Crippen LogP contribution in [0, 0.1) is 0 Å². The number of nitrogens with two attached hydrogens (primary N) is 2. The Hall–Kier alpha value is -3.22.